The van der Waals surface area contributed by atoms with Gasteiger partial charge >= 0.3 is 0 Å². The van der Waals surface area contributed by atoms with Gasteiger partial charge in [-0.25, -0.2) is 0 Å². The molecule has 2 heteroatoms. The van der Waals surface area contributed by atoms with Gasteiger partial charge in [0.15, 0.2) is 5.78 Å². The van der Waals surface area contributed by atoms with Crippen LogP contribution in [0.5, 0.6) is 0 Å². The maximum Gasteiger partial charge on any atom is 0.188 e. The Bertz CT molecular complexity index is 331. The molecule has 1 rings (SSSR count). The summed E-state index contributed by atoms with van der Waals surface area (Å²) in [5.41, 5.74) is 1.79. The van der Waals surface area contributed by atoms with Crippen molar-refractivity contribution in [1.82, 2.24) is 0 Å². The zero-order valence-electron chi connectivity index (χ0n) is 10.2. The highest BCUT2D eigenvalue weighted by Gasteiger charge is 2.07. The summed E-state index contributed by atoms with van der Waals surface area (Å²) in [6, 6.07) is 7.63. The number of carbonyl (C=O) groups is 1. The third-order valence-corrected chi connectivity index (χ3v) is 2.57. The second-order valence-electron chi connectivity index (χ2n) is 4.00. The maximum atomic E-state index is 11.8. The number of carbonyl (C=O) groups excluding carboxylic acids is 1. The molecule has 16 heavy (non-hydrogen) atoms. The minimum absolute atomic E-state index is 0.0783. The molecule has 0 amide bonds. The number of ether oxygens (including phenoxy) is 1. The van der Waals surface area contributed by atoms with Crippen LogP contribution in [0.2, 0.25) is 0 Å². The highest BCUT2D eigenvalue weighted by Crippen LogP contribution is 2.08. The fourth-order valence-corrected chi connectivity index (χ4v) is 1.58. The largest absolute Gasteiger partial charge is 0.373 e. The van der Waals surface area contributed by atoms with Crippen molar-refractivity contribution in [2.24, 2.45) is 0 Å². The average molecular weight is 220 g/mol. The van der Waals surface area contributed by atoms with E-state index in [4.69, 9.17) is 4.74 Å². The normalized spacial score (nSPS) is 10.4. The van der Waals surface area contributed by atoms with Gasteiger partial charge < -0.3 is 4.74 Å². The topological polar surface area (TPSA) is 26.3 Å². The van der Waals surface area contributed by atoms with Crippen LogP contribution in [-0.4, -0.2) is 19.0 Å². The first-order valence-corrected chi connectivity index (χ1v) is 5.92. The molecule has 1 aromatic carbocycles. The molecule has 0 aromatic heterocycles. The lowest BCUT2D eigenvalue weighted by atomic mass is 10.1. The van der Waals surface area contributed by atoms with E-state index in [0.717, 1.165) is 17.5 Å². The smallest absolute Gasteiger partial charge is 0.188 e. The van der Waals surface area contributed by atoms with E-state index < -0.39 is 0 Å². The van der Waals surface area contributed by atoms with Crippen LogP contribution < -0.4 is 0 Å². The summed E-state index contributed by atoms with van der Waals surface area (Å²) >= 11 is 0. The van der Waals surface area contributed by atoms with Crippen LogP contribution in [0.1, 0.15) is 42.1 Å². The Kier molecular flexibility index (Phi) is 5.79. The summed E-state index contributed by atoms with van der Waals surface area (Å²) in [7, 11) is 0. The molecule has 0 radical (unpaired) electrons. The number of hydrogen-bond acceptors (Lipinski definition) is 2. The molecule has 0 aliphatic carbocycles. The molecule has 0 spiro atoms. The average Bonchev–Trinajstić information content (AvgIpc) is 2.29. The van der Waals surface area contributed by atoms with E-state index >= 15 is 0 Å². The van der Waals surface area contributed by atoms with Crippen LogP contribution >= 0.6 is 0 Å². The first-order chi connectivity index (χ1) is 7.75. The zero-order chi connectivity index (χ0) is 11.8. The molecule has 1 aromatic rings. The van der Waals surface area contributed by atoms with E-state index in [1.54, 1.807) is 0 Å². The molecule has 0 bridgehead atoms. The van der Waals surface area contributed by atoms with Crippen molar-refractivity contribution >= 4 is 5.78 Å². The number of unbranched alkanes of at least 4 members (excludes halogenated alkanes) is 2. The Hall–Kier alpha value is -1.15. The predicted molar refractivity (Wildman–Crippen MR) is 65.9 cm³/mol. The van der Waals surface area contributed by atoms with Crippen molar-refractivity contribution in [3.8, 4) is 0 Å². The maximum absolute atomic E-state index is 11.8. The number of aryl methyl sites for hydroxylation is 1. The van der Waals surface area contributed by atoms with Gasteiger partial charge in [0, 0.05) is 12.2 Å². The van der Waals surface area contributed by atoms with Crippen molar-refractivity contribution in [1.29, 1.82) is 0 Å². The van der Waals surface area contributed by atoms with Gasteiger partial charge in [-0.1, -0.05) is 44.0 Å². The third kappa shape index (κ3) is 4.15. The lowest BCUT2D eigenvalue weighted by molar-refractivity contribution is 0.0752. The van der Waals surface area contributed by atoms with Gasteiger partial charge in [-0.15, -0.1) is 0 Å². The molecule has 2 nitrogen and oxygen atoms in total. The van der Waals surface area contributed by atoms with Crippen LogP contribution in [0.4, 0.5) is 0 Å². The fourth-order valence-electron chi connectivity index (χ4n) is 1.58. The van der Waals surface area contributed by atoms with E-state index in [1.807, 2.05) is 31.2 Å². The second kappa shape index (κ2) is 7.18. The molecule has 0 saturated heterocycles. The molecule has 0 heterocycles. The molecule has 0 atom stereocenters. The third-order valence-electron chi connectivity index (χ3n) is 2.57. The van der Waals surface area contributed by atoms with Gasteiger partial charge in [-0.05, 0) is 18.9 Å². The summed E-state index contributed by atoms with van der Waals surface area (Å²) in [6.07, 6.45) is 3.38. The van der Waals surface area contributed by atoms with Gasteiger partial charge in [0.1, 0.15) is 6.61 Å². The van der Waals surface area contributed by atoms with E-state index in [-0.39, 0.29) is 12.4 Å². The number of benzene rings is 1. The number of Topliss-reactive ketones (excluding diaryl/α,β-unsaturated/α-hetero) is 1. The van der Waals surface area contributed by atoms with Crippen LogP contribution in [-0.2, 0) is 4.74 Å². The van der Waals surface area contributed by atoms with Gasteiger partial charge in [0.05, 0.1) is 0 Å². The summed E-state index contributed by atoms with van der Waals surface area (Å²) in [6.45, 7) is 4.99. The number of rotatable bonds is 7. The van der Waals surface area contributed by atoms with Crippen LogP contribution in [0.3, 0.4) is 0 Å². The van der Waals surface area contributed by atoms with E-state index in [1.165, 1.54) is 12.8 Å². The number of hydrogen-bond donors (Lipinski definition) is 0. The molecule has 0 unspecified atom stereocenters. The Morgan fingerprint density at radius 1 is 1.25 bits per heavy atom. The van der Waals surface area contributed by atoms with Gasteiger partial charge in [-0.3, -0.25) is 4.79 Å². The predicted octanol–water partition coefficient (Wildman–Crippen LogP) is 3.38. The zero-order valence-corrected chi connectivity index (χ0v) is 10.2. The molecule has 0 aliphatic heterocycles. The van der Waals surface area contributed by atoms with E-state index in [9.17, 15) is 4.79 Å². The molecular weight excluding hydrogens is 200 g/mol. The fraction of sp³-hybridized carbons (Fsp3) is 0.500. The quantitative estimate of drug-likeness (QED) is 0.520. The Balaban J connectivity index is 2.33. The molecule has 0 saturated carbocycles. The van der Waals surface area contributed by atoms with E-state index in [0.29, 0.717) is 6.61 Å². The highest BCUT2D eigenvalue weighted by molar-refractivity contribution is 5.98. The lowest BCUT2D eigenvalue weighted by Crippen LogP contribution is -2.11. The summed E-state index contributed by atoms with van der Waals surface area (Å²) in [4.78, 5) is 11.8. The van der Waals surface area contributed by atoms with Crippen LogP contribution in [0, 0.1) is 6.92 Å². The van der Waals surface area contributed by atoms with Crippen molar-refractivity contribution in [3.05, 3.63) is 35.4 Å². The first kappa shape index (κ1) is 12.9. The van der Waals surface area contributed by atoms with Crippen LogP contribution in [0.15, 0.2) is 24.3 Å². The van der Waals surface area contributed by atoms with Gasteiger partial charge in [0.2, 0.25) is 0 Å². The van der Waals surface area contributed by atoms with Crippen molar-refractivity contribution < 1.29 is 9.53 Å². The van der Waals surface area contributed by atoms with Crippen LogP contribution in [0.25, 0.3) is 0 Å². The minimum atomic E-state index is 0.0783. The molecule has 0 aliphatic rings. The highest BCUT2D eigenvalue weighted by atomic mass is 16.5. The number of ketones is 1. The molecule has 88 valence electrons. The van der Waals surface area contributed by atoms with Gasteiger partial charge in [-0.2, -0.15) is 0 Å². The standard InChI is InChI=1S/C14H20O2/c1-3-4-7-10-16-11-14(15)13-9-6-5-8-12(13)2/h5-6,8-9H,3-4,7,10-11H2,1-2H3. The van der Waals surface area contributed by atoms with Crippen molar-refractivity contribution in [3.63, 3.8) is 0 Å². The molecule has 0 N–H and O–H groups in total. The summed E-state index contributed by atoms with van der Waals surface area (Å²) < 4.78 is 5.36. The van der Waals surface area contributed by atoms with E-state index in [2.05, 4.69) is 6.92 Å². The Labute approximate surface area is 97.6 Å². The minimum Gasteiger partial charge on any atom is -0.373 e. The molecular formula is C14H20O2. The summed E-state index contributed by atoms with van der Waals surface area (Å²) in [5.74, 6) is 0.0783. The van der Waals surface area contributed by atoms with Crippen molar-refractivity contribution in [2.45, 2.75) is 33.1 Å². The lowest BCUT2D eigenvalue weighted by Gasteiger charge is -2.05. The molecule has 0 fully saturated rings. The van der Waals surface area contributed by atoms with Crippen molar-refractivity contribution in [2.75, 3.05) is 13.2 Å². The monoisotopic (exact) mass is 220 g/mol. The Morgan fingerprint density at radius 2 is 2.00 bits per heavy atom. The van der Waals surface area contributed by atoms with Gasteiger partial charge in [0.25, 0.3) is 0 Å². The first-order valence-electron chi connectivity index (χ1n) is 5.92. The summed E-state index contributed by atoms with van der Waals surface area (Å²) in [5, 5.41) is 0. The SMILES string of the molecule is CCCCCOCC(=O)c1ccccc1C. The Morgan fingerprint density at radius 3 is 2.69 bits per heavy atom. The second-order valence-corrected chi connectivity index (χ2v) is 4.00.